The molecule has 0 aliphatic rings. The van der Waals surface area contributed by atoms with Gasteiger partial charge in [-0.2, -0.15) is 0 Å². The fourth-order valence-electron chi connectivity index (χ4n) is 1.58. The van der Waals surface area contributed by atoms with Crippen LogP contribution < -0.4 is 5.32 Å². The molecular formula is C14H20FNO2. The number of aliphatic hydroxyl groups excluding tert-OH is 1. The van der Waals surface area contributed by atoms with Crippen LogP contribution in [0, 0.1) is 18.7 Å². The number of carbonyl (C=O) groups excluding carboxylic acids is 1. The molecule has 1 aromatic carbocycles. The van der Waals surface area contributed by atoms with Gasteiger partial charge in [0, 0.05) is 18.7 Å². The smallest absolute Gasteiger partial charge is 0.251 e. The summed E-state index contributed by atoms with van der Waals surface area (Å²) in [6.45, 7) is 4.32. The van der Waals surface area contributed by atoms with Gasteiger partial charge in [0.15, 0.2) is 0 Å². The predicted octanol–water partition coefficient (Wildman–Crippen LogP) is 2.27. The molecule has 1 atom stereocenters. The average molecular weight is 253 g/mol. The van der Waals surface area contributed by atoms with Crippen molar-refractivity contribution in [3.63, 3.8) is 0 Å². The highest BCUT2D eigenvalue weighted by Gasteiger charge is 2.07. The monoisotopic (exact) mass is 253 g/mol. The lowest BCUT2D eigenvalue weighted by Gasteiger charge is -2.08. The molecule has 1 amide bonds. The molecule has 0 aliphatic heterocycles. The Balaban J connectivity index is 2.39. The molecule has 0 heterocycles. The van der Waals surface area contributed by atoms with Crippen LogP contribution >= 0.6 is 0 Å². The van der Waals surface area contributed by atoms with E-state index in [0.29, 0.717) is 17.7 Å². The Labute approximate surface area is 107 Å². The summed E-state index contributed by atoms with van der Waals surface area (Å²) in [6, 6.07) is 4.46. The normalized spacial score (nSPS) is 12.2. The summed E-state index contributed by atoms with van der Waals surface area (Å²) in [5.74, 6) is -0.374. The largest absolute Gasteiger partial charge is 0.396 e. The second kappa shape index (κ2) is 7.11. The van der Waals surface area contributed by atoms with E-state index in [9.17, 15) is 9.18 Å². The second-order valence-electron chi connectivity index (χ2n) is 4.65. The third-order valence-corrected chi connectivity index (χ3v) is 2.90. The van der Waals surface area contributed by atoms with Gasteiger partial charge in [0.05, 0.1) is 0 Å². The van der Waals surface area contributed by atoms with Gasteiger partial charge in [0.1, 0.15) is 5.82 Å². The number of hydrogen-bond donors (Lipinski definition) is 2. The van der Waals surface area contributed by atoms with Gasteiger partial charge in [-0.05, 0) is 43.4 Å². The van der Waals surface area contributed by atoms with Crippen LogP contribution in [0.1, 0.15) is 35.7 Å². The molecule has 1 unspecified atom stereocenters. The summed E-state index contributed by atoms with van der Waals surface area (Å²) in [5.41, 5.74) is 0.872. The van der Waals surface area contributed by atoms with Crippen LogP contribution in [0.4, 0.5) is 4.39 Å². The third kappa shape index (κ3) is 4.45. The number of nitrogens with one attached hydrogen (secondary N) is 1. The Bertz CT molecular complexity index is 407. The molecule has 0 saturated heterocycles. The minimum Gasteiger partial charge on any atom is -0.396 e. The molecule has 3 nitrogen and oxygen atoms in total. The average Bonchev–Trinajstić information content (AvgIpc) is 2.37. The van der Waals surface area contributed by atoms with E-state index in [-0.39, 0.29) is 24.2 Å². The fraction of sp³-hybridized carbons (Fsp3) is 0.500. The van der Waals surface area contributed by atoms with E-state index >= 15 is 0 Å². The number of aryl methyl sites for hydroxylation is 1. The number of rotatable bonds is 6. The van der Waals surface area contributed by atoms with E-state index in [1.807, 2.05) is 6.92 Å². The van der Waals surface area contributed by atoms with Crippen LogP contribution in [-0.2, 0) is 0 Å². The number of aliphatic hydroxyl groups is 1. The van der Waals surface area contributed by atoms with Crippen molar-refractivity contribution in [2.24, 2.45) is 5.92 Å². The zero-order valence-electron chi connectivity index (χ0n) is 10.9. The van der Waals surface area contributed by atoms with E-state index in [0.717, 1.165) is 12.8 Å². The van der Waals surface area contributed by atoms with E-state index in [1.165, 1.54) is 6.07 Å². The first kappa shape index (κ1) is 14.6. The van der Waals surface area contributed by atoms with Crippen LogP contribution in [-0.4, -0.2) is 24.2 Å². The van der Waals surface area contributed by atoms with Gasteiger partial charge in [-0.15, -0.1) is 0 Å². The SMILES string of the molecule is Cc1ccc(C(=O)NCCCC(C)CO)cc1F. The molecule has 0 spiro atoms. The summed E-state index contributed by atoms with van der Waals surface area (Å²) in [5, 5.41) is 11.6. The molecule has 0 aromatic heterocycles. The van der Waals surface area contributed by atoms with Crippen LogP contribution in [0.3, 0.4) is 0 Å². The lowest BCUT2D eigenvalue weighted by molar-refractivity contribution is 0.0951. The van der Waals surface area contributed by atoms with Crippen LogP contribution in [0.15, 0.2) is 18.2 Å². The van der Waals surface area contributed by atoms with Crippen LogP contribution in [0.2, 0.25) is 0 Å². The van der Waals surface area contributed by atoms with Gasteiger partial charge >= 0.3 is 0 Å². The first-order valence-electron chi connectivity index (χ1n) is 6.19. The highest BCUT2D eigenvalue weighted by Crippen LogP contribution is 2.09. The molecule has 4 heteroatoms. The summed E-state index contributed by atoms with van der Waals surface area (Å²) < 4.78 is 13.3. The lowest BCUT2D eigenvalue weighted by Crippen LogP contribution is -2.25. The zero-order chi connectivity index (χ0) is 13.5. The van der Waals surface area contributed by atoms with Crippen molar-refractivity contribution in [1.29, 1.82) is 0 Å². The second-order valence-corrected chi connectivity index (χ2v) is 4.65. The standard InChI is InChI=1S/C14H20FNO2/c1-10(9-17)4-3-7-16-14(18)12-6-5-11(2)13(15)8-12/h5-6,8,10,17H,3-4,7,9H2,1-2H3,(H,16,18). The van der Waals surface area contributed by atoms with Crippen molar-refractivity contribution in [2.75, 3.05) is 13.2 Å². The highest BCUT2D eigenvalue weighted by atomic mass is 19.1. The van der Waals surface area contributed by atoms with Crippen molar-refractivity contribution < 1.29 is 14.3 Å². The van der Waals surface area contributed by atoms with E-state index in [1.54, 1.807) is 19.1 Å². The fourth-order valence-corrected chi connectivity index (χ4v) is 1.58. The molecule has 1 rings (SSSR count). The molecule has 0 saturated carbocycles. The van der Waals surface area contributed by atoms with Crippen LogP contribution in [0.25, 0.3) is 0 Å². The van der Waals surface area contributed by atoms with Crippen molar-refractivity contribution in [3.8, 4) is 0 Å². The summed E-state index contributed by atoms with van der Waals surface area (Å²) >= 11 is 0. The van der Waals surface area contributed by atoms with Gasteiger partial charge in [-0.25, -0.2) is 4.39 Å². The van der Waals surface area contributed by atoms with Crippen molar-refractivity contribution in [1.82, 2.24) is 5.32 Å². The molecule has 100 valence electrons. The Hall–Kier alpha value is -1.42. The highest BCUT2D eigenvalue weighted by molar-refractivity contribution is 5.94. The Morgan fingerprint density at radius 2 is 2.22 bits per heavy atom. The molecule has 0 radical (unpaired) electrons. The van der Waals surface area contributed by atoms with Gasteiger partial charge in [0.2, 0.25) is 0 Å². The third-order valence-electron chi connectivity index (χ3n) is 2.90. The summed E-state index contributed by atoms with van der Waals surface area (Å²) in [7, 11) is 0. The Morgan fingerprint density at radius 1 is 1.50 bits per heavy atom. The summed E-state index contributed by atoms with van der Waals surface area (Å²) in [4.78, 5) is 11.7. The van der Waals surface area contributed by atoms with Gasteiger partial charge in [-0.3, -0.25) is 4.79 Å². The number of hydrogen-bond acceptors (Lipinski definition) is 2. The minimum atomic E-state index is -0.364. The lowest BCUT2D eigenvalue weighted by atomic mass is 10.1. The summed E-state index contributed by atoms with van der Waals surface area (Å²) in [6.07, 6.45) is 1.67. The molecule has 2 N–H and O–H groups in total. The molecule has 1 aromatic rings. The first-order chi connectivity index (χ1) is 8.54. The van der Waals surface area contributed by atoms with Crippen molar-refractivity contribution >= 4 is 5.91 Å². The van der Waals surface area contributed by atoms with Crippen molar-refractivity contribution in [2.45, 2.75) is 26.7 Å². The molecule has 0 bridgehead atoms. The maximum Gasteiger partial charge on any atom is 0.251 e. The first-order valence-corrected chi connectivity index (χ1v) is 6.19. The van der Waals surface area contributed by atoms with Gasteiger partial charge in [-0.1, -0.05) is 13.0 Å². The molecule has 0 fully saturated rings. The zero-order valence-corrected chi connectivity index (χ0v) is 10.9. The number of benzene rings is 1. The molecule has 18 heavy (non-hydrogen) atoms. The van der Waals surface area contributed by atoms with E-state index < -0.39 is 0 Å². The number of amides is 1. The quantitative estimate of drug-likeness (QED) is 0.764. The van der Waals surface area contributed by atoms with E-state index in [2.05, 4.69) is 5.32 Å². The Morgan fingerprint density at radius 3 is 2.83 bits per heavy atom. The minimum absolute atomic E-state index is 0.164. The van der Waals surface area contributed by atoms with Crippen LogP contribution in [0.5, 0.6) is 0 Å². The molecule has 0 aliphatic carbocycles. The number of halogens is 1. The van der Waals surface area contributed by atoms with E-state index in [4.69, 9.17) is 5.11 Å². The number of carbonyl (C=O) groups is 1. The topological polar surface area (TPSA) is 49.3 Å². The molecular weight excluding hydrogens is 233 g/mol. The van der Waals surface area contributed by atoms with Gasteiger partial charge in [0.25, 0.3) is 5.91 Å². The Kier molecular flexibility index (Phi) is 5.78. The predicted molar refractivity (Wildman–Crippen MR) is 69.0 cm³/mol. The van der Waals surface area contributed by atoms with Crippen molar-refractivity contribution in [3.05, 3.63) is 35.1 Å². The van der Waals surface area contributed by atoms with Gasteiger partial charge < -0.3 is 10.4 Å². The maximum atomic E-state index is 13.3. The maximum absolute atomic E-state index is 13.3.